The van der Waals surface area contributed by atoms with E-state index in [0.29, 0.717) is 11.5 Å². The molecule has 0 bridgehead atoms. The lowest BCUT2D eigenvalue weighted by molar-refractivity contribution is -0.633. The lowest BCUT2D eigenvalue weighted by Crippen LogP contribution is -2.41. The Morgan fingerprint density at radius 1 is 0.917 bits per heavy atom. The van der Waals surface area contributed by atoms with Crippen molar-refractivity contribution in [2.45, 2.75) is 53.8 Å². The third-order valence-electron chi connectivity index (χ3n) is 7.40. The smallest absolute Gasteiger partial charge is 0.217 e. The Hall–Kier alpha value is -3.05. The first-order valence-electron chi connectivity index (χ1n) is 12.6. The largest absolute Gasteiger partial charge is 0.455 e. The zero-order valence-electron chi connectivity index (χ0n) is 22.4. The molecule has 36 heavy (non-hydrogen) atoms. The first-order chi connectivity index (χ1) is 16.9. The number of hydrogen-bond donors (Lipinski definition) is 0. The number of aryl methyl sites for hydroxylation is 2. The van der Waals surface area contributed by atoms with Gasteiger partial charge < -0.3 is 4.42 Å². The minimum absolute atomic E-state index is 0.129. The second kappa shape index (κ2) is 8.51. The number of pyridine rings is 1. The highest BCUT2D eigenvalue weighted by Crippen LogP contribution is 2.39. The van der Waals surface area contributed by atoms with Gasteiger partial charge >= 0.3 is 0 Å². The molecule has 0 saturated heterocycles. The molecular weight excluding hydrogens is 468 g/mol. The Labute approximate surface area is 212 Å². The predicted octanol–water partition coefficient (Wildman–Crippen LogP) is 7.87. The fourth-order valence-electron chi connectivity index (χ4n) is 5.41. The summed E-state index contributed by atoms with van der Waals surface area (Å²) >= 11 is 0. The molecule has 2 aromatic heterocycles. The first-order valence-corrected chi connectivity index (χ1v) is 16.1. The highest BCUT2D eigenvalue weighted by Gasteiger charge is 2.28. The SMILES string of the molecule is Cc1cc2c(oc3cc(F)ccc32)c(-c2cc(CC(C)C)c3cc([Si](C)(C)C)c(F)cc3[n+]2C)c1C. The van der Waals surface area contributed by atoms with Crippen LogP contribution in [0.3, 0.4) is 0 Å². The van der Waals surface area contributed by atoms with E-state index in [1.165, 1.54) is 17.7 Å². The van der Waals surface area contributed by atoms with E-state index in [1.54, 1.807) is 12.1 Å². The summed E-state index contributed by atoms with van der Waals surface area (Å²) in [6, 6.07) is 12.9. The van der Waals surface area contributed by atoms with Crippen LogP contribution in [-0.2, 0) is 13.5 Å². The molecule has 2 nitrogen and oxygen atoms in total. The summed E-state index contributed by atoms with van der Waals surface area (Å²) < 4.78 is 37.9. The Morgan fingerprint density at radius 3 is 2.31 bits per heavy atom. The number of benzene rings is 3. The topological polar surface area (TPSA) is 17.0 Å². The van der Waals surface area contributed by atoms with Gasteiger partial charge in [-0.2, -0.15) is 4.57 Å². The normalized spacial score (nSPS) is 12.5. The van der Waals surface area contributed by atoms with E-state index < -0.39 is 8.07 Å². The standard InChI is InChI=1S/C31H34F2NOSi/c1-17(2)11-20-13-27(34(5)26-16-25(33)29(15-23(20)26)36(6,7)8)30-19(4)18(3)12-24-22-10-9-21(32)14-28(22)35-31(24)30/h9-10,12-17H,11H2,1-8H3/q+1. The summed E-state index contributed by atoms with van der Waals surface area (Å²) in [6.07, 6.45) is 0.889. The number of hydrogen-bond acceptors (Lipinski definition) is 1. The van der Waals surface area contributed by atoms with Gasteiger partial charge in [0.2, 0.25) is 11.2 Å². The van der Waals surface area contributed by atoms with Crippen LogP contribution in [0.2, 0.25) is 19.6 Å². The molecule has 5 aromatic rings. The quantitative estimate of drug-likeness (QED) is 0.180. The van der Waals surface area contributed by atoms with E-state index in [1.807, 2.05) is 7.05 Å². The molecule has 0 aliphatic rings. The molecule has 5 heteroatoms. The molecule has 186 valence electrons. The van der Waals surface area contributed by atoms with Gasteiger partial charge in [-0.15, -0.1) is 0 Å². The minimum atomic E-state index is -1.86. The van der Waals surface area contributed by atoms with Crippen LogP contribution in [0.25, 0.3) is 44.1 Å². The van der Waals surface area contributed by atoms with Crippen molar-refractivity contribution in [2.24, 2.45) is 13.0 Å². The fourth-order valence-corrected chi connectivity index (χ4v) is 6.78. The van der Waals surface area contributed by atoms with E-state index in [0.717, 1.165) is 61.3 Å². The van der Waals surface area contributed by atoms with Crippen LogP contribution in [0.1, 0.15) is 30.5 Å². The molecule has 0 spiro atoms. The fraction of sp³-hybridized carbons (Fsp3) is 0.323. The van der Waals surface area contributed by atoms with Crippen molar-refractivity contribution in [1.29, 1.82) is 0 Å². The molecule has 0 aliphatic carbocycles. The average molecular weight is 503 g/mol. The molecule has 0 N–H and O–H groups in total. The number of nitrogens with zero attached hydrogens (tertiary/aromatic N) is 1. The van der Waals surface area contributed by atoms with Crippen molar-refractivity contribution in [2.75, 3.05) is 0 Å². The Kier molecular flexibility index (Phi) is 5.83. The second-order valence-electron chi connectivity index (χ2n) is 11.6. The summed E-state index contributed by atoms with van der Waals surface area (Å²) in [6.45, 7) is 15.2. The number of rotatable bonds is 4. The Balaban J connectivity index is 1.92. The van der Waals surface area contributed by atoms with E-state index >= 15 is 4.39 Å². The van der Waals surface area contributed by atoms with E-state index in [9.17, 15) is 4.39 Å². The van der Waals surface area contributed by atoms with Gasteiger partial charge in [0.1, 0.15) is 29.8 Å². The van der Waals surface area contributed by atoms with Crippen LogP contribution in [0.4, 0.5) is 8.78 Å². The zero-order valence-corrected chi connectivity index (χ0v) is 23.4. The lowest BCUT2D eigenvalue weighted by atomic mass is 9.92. The maximum Gasteiger partial charge on any atom is 0.217 e. The lowest BCUT2D eigenvalue weighted by Gasteiger charge is -2.20. The number of fused-ring (bicyclic) bond motifs is 4. The maximum absolute atomic E-state index is 15.5. The van der Waals surface area contributed by atoms with Crippen LogP contribution >= 0.6 is 0 Å². The second-order valence-corrected chi connectivity index (χ2v) is 16.7. The molecule has 5 rings (SSSR count). The summed E-state index contributed by atoms with van der Waals surface area (Å²) in [5, 5.41) is 3.84. The predicted molar refractivity (Wildman–Crippen MR) is 149 cm³/mol. The summed E-state index contributed by atoms with van der Waals surface area (Å²) in [5.41, 5.74) is 7.55. The van der Waals surface area contributed by atoms with Crippen LogP contribution in [-0.4, -0.2) is 8.07 Å². The third kappa shape index (κ3) is 3.94. The van der Waals surface area contributed by atoms with Gasteiger partial charge in [-0.3, -0.25) is 0 Å². The molecule has 0 saturated carbocycles. The molecule has 0 fully saturated rings. The van der Waals surface area contributed by atoms with E-state index in [4.69, 9.17) is 4.42 Å². The van der Waals surface area contributed by atoms with Crippen LogP contribution in [0, 0.1) is 31.4 Å². The third-order valence-corrected chi connectivity index (χ3v) is 9.40. The van der Waals surface area contributed by atoms with Gasteiger partial charge in [0.05, 0.1) is 13.6 Å². The summed E-state index contributed by atoms with van der Waals surface area (Å²) in [5.74, 6) is -0.00196. The van der Waals surface area contributed by atoms with Crippen molar-refractivity contribution in [3.05, 3.63) is 70.8 Å². The Morgan fingerprint density at radius 2 is 1.64 bits per heavy atom. The first kappa shape index (κ1) is 24.6. The summed E-state index contributed by atoms with van der Waals surface area (Å²) in [7, 11) is 0.141. The van der Waals surface area contributed by atoms with Crippen molar-refractivity contribution < 1.29 is 17.8 Å². The maximum atomic E-state index is 15.5. The monoisotopic (exact) mass is 502 g/mol. The number of halogens is 2. The van der Waals surface area contributed by atoms with Crippen molar-refractivity contribution in [3.8, 4) is 11.3 Å². The molecule has 0 aliphatic heterocycles. The minimum Gasteiger partial charge on any atom is -0.455 e. The summed E-state index contributed by atoms with van der Waals surface area (Å²) in [4.78, 5) is 0. The molecule has 2 heterocycles. The molecule has 3 aromatic carbocycles. The highest BCUT2D eigenvalue weighted by atomic mass is 28.3. The van der Waals surface area contributed by atoms with Crippen molar-refractivity contribution in [3.63, 3.8) is 0 Å². The van der Waals surface area contributed by atoms with E-state index in [-0.39, 0.29) is 11.6 Å². The molecular formula is C31H34F2NOSi+. The Bertz CT molecular complexity index is 1670. The van der Waals surface area contributed by atoms with Gasteiger partial charge in [-0.05, 0) is 72.3 Å². The number of furan rings is 1. The van der Waals surface area contributed by atoms with Crippen molar-refractivity contribution in [1.82, 2.24) is 0 Å². The molecule has 0 atom stereocenters. The average Bonchev–Trinajstić information content (AvgIpc) is 3.12. The highest BCUT2D eigenvalue weighted by molar-refractivity contribution is 6.88. The van der Waals surface area contributed by atoms with Gasteiger partial charge in [0, 0.05) is 34.4 Å². The van der Waals surface area contributed by atoms with Gasteiger partial charge in [-0.1, -0.05) is 33.5 Å². The van der Waals surface area contributed by atoms with Gasteiger partial charge in [0.25, 0.3) is 0 Å². The van der Waals surface area contributed by atoms with Crippen LogP contribution < -0.4 is 9.75 Å². The molecule has 0 unspecified atom stereocenters. The van der Waals surface area contributed by atoms with Crippen molar-refractivity contribution >= 4 is 46.1 Å². The van der Waals surface area contributed by atoms with E-state index in [2.05, 4.69) is 70.1 Å². The number of aromatic nitrogens is 1. The molecule has 0 radical (unpaired) electrons. The van der Waals surface area contributed by atoms with Crippen LogP contribution in [0.5, 0.6) is 0 Å². The molecule has 0 amide bonds. The van der Waals surface area contributed by atoms with Crippen LogP contribution in [0.15, 0.2) is 46.9 Å². The zero-order chi connectivity index (χ0) is 26.1. The van der Waals surface area contributed by atoms with Gasteiger partial charge in [0.15, 0.2) is 0 Å². The van der Waals surface area contributed by atoms with Gasteiger partial charge in [-0.25, -0.2) is 8.78 Å².